The number of amides is 1. The van der Waals surface area contributed by atoms with Gasteiger partial charge in [-0.15, -0.1) is 0 Å². The van der Waals surface area contributed by atoms with E-state index in [1.54, 1.807) is 23.8 Å². The molecule has 0 spiro atoms. The molecular weight excluding hydrogens is 550 g/mol. The zero-order valence-electron chi connectivity index (χ0n) is 21.6. The molecule has 0 aliphatic carbocycles. The lowest BCUT2D eigenvalue weighted by atomic mass is 10.1. The number of piperazine rings is 1. The van der Waals surface area contributed by atoms with Crippen LogP contribution in [0.5, 0.6) is 0 Å². The zero-order valence-corrected chi connectivity index (χ0v) is 21.6. The second-order valence-corrected chi connectivity index (χ2v) is 9.68. The van der Waals surface area contributed by atoms with Gasteiger partial charge in [0.15, 0.2) is 0 Å². The van der Waals surface area contributed by atoms with Crippen LogP contribution in [-0.4, -0.2) is 77.0 Å². The van der Waals surface area contributed by atoms with E-state index < -0.39 is 40.8 Å². The lowest BCUT2D eigenvalue weighted by Gasteiger charge is -2.43. The van der Waals surface area contributed by atoms with Crippen LogP contribution in [0.25, 0.3) is 0 Å². The molecule has 2 unspecified atom stereocenters. The van der Waals surface area contributed by atoms with Crippen molar-refractivity contribution in [2.45, 2.75) is 57.4 Å². The molecule has 0 radical (unpaired) electrons. The second kappa shape index (κ2) is 11.6. The molecule has 0 bridgehead atoms. The van der Waals surface area contributed by atoms with Crippen LogP contribution in [0.2, 0.25) is 0 Å². The molecule has 0 aromatic carbocycles. The first kappa shape index (κ1) is 29.6. The normalized spacial score (nSPS) is 20.4. The van der Waals surface area contributed by atoms with Gasteiger partial charge in [0.1, 0.15) is 11.4 Å². The third-order valence-electron chi connectivity index (χ3n) is 6.73. The molecule has 2 aromatic rings. The maximum atomic E-state index is 13.2. The molecule has 2 N–H and O–H groups in total. The van der Waals surface area contributed by atoms with Gasteiger partial charge < -0.3 is 24.6 Å². The fourth-order valence-corrected chi connectivity index (χ4v) is 4.73. The Morgan fingerprint density at radius 2 is 1.98 bits per heavy atom. The number of anilines is 2. The molecule has 1 fully saturated rings. The van der Waals surface area contributed by atoms with Crippen LogP contribution in [0.1, 0.15) is 37.0 Å². The van der Waals surface area contributed by atoms with E-state index in [2.05, 4.69) is 15.4 Å². The Morgan fingerprint density at radius 3 is 2.67 bits per heavy atom. The quantitative estimate of drug-likeness (QED) is 0.381. The van der Waals surface area contributed by atoms with Gasteiger partial charge in [-0.05, 0) is 19.9 Å². The minimum atomic E-state index is -4.88. The third-order valence-corrected chi connectivity index (χ3v) is 6.73. The van der Waals surface area contributed by atoms with Crippen molar-refractivity contribution < 1.29 is 40.6 Å². The summed E-state index contributed by atoms with van der Waals surface area (Å²) < 4.78 is 90.3. The van der Waals surface area contributed by atoms with E-state index >= 15 is 0 Å². The van der Waals surface area contributed by atoms with Gasteiger partial charge in [-0.2, -0.15) is 31.4 Å². The van der Waals surface area contributed by atoms with Crippen molar-refractivity contribution in [3.8, 4) is 0 Å². The van der Waals surface area contributed by atoms with Gasteiger partial charge in [0.25, 0.3) is 5.56 Å². The summed E-state index contributed by atoms with van der Waals surface area (Å²) in [7, 11) is 0. The number of fused-ring (bicyclic) bond motifs is 3. The highest BCUT2D eigenvalue weighted by molar-refractivity contribution is 5.76. The molecule has 4 heterocycles. The van der Waals surface area contributed by atoms with Gasteiger partial charge in [-0.25, -0.2) is 10.1 Å². The van der Waals surface area contributed by atoms with Crippen LogP contribution >= 0.6 is 0 Å². The molecule has 3 atom stereocenters. The van der Waals surface area contributed by atoms with Crippen molar-refractivity contribution in [2.24, 2.45) is 0 Å². The summed E-state index contributed by atoms with van der Waals surface area (Å²) in [4.78, 5) is 32.0. The molecular formula is C24H28F6N6O4. The first-order chi connectivity index (χ1) is 18.8. The van der Waals surface area contributed by atoms with Crippen molar-refractivity contribution in [3.05, 3.63) is 45.5 Å². The zero-order chi connectivity index (χ0) is 29.2. The molecule has 2 aliphatic heterocycles. The largest absolute Gasteiger partial charge is 0.423 e. The van der Waals surface area contributed by atoms with Crippen molar-refractivity contribution in [1.29, 1.82) is 0 Å². The maximum absolute atomic E-state index is 13.2. The van der Waals surface area contributed by atoms with E-state index in [0.29, 0.717) is 24.5 Å². The van der Waals surface area contributed by atoms with Crippen molar-refractivity contribution in [1.82, 2.24) is 20.1 Å². The number of carbonyl (C=O) groups excluding carboxylic acids is 1. The molecule has 16 heteroatoms. The molecule has 0 saturated carbocycles. The molecule has 2 aromatic heterocycles. The summed E-state index contributed by atoms with van der Waals surface area (Å²) in [5.74, 6) is 0.194. The molecule has 40 heavy (non-hydrogen) atoms. The summed E-state index contributed by atoms with van der Waals surface area (Å²) in [6.07, 6.45) is -8.11. The molecule has 1 saturated heterocycles. The molecule has 220 valence electrons. The molecule has 10 nitrogen and oxygen atoms in total. The Labute approximate surface area is 224 Å². The van der Waals surface area contributed by atoms with Crippen LogP contribution < -0.4 is 15.8 Å². The van der Waals surface area contributed by atoms with Gasteiger partial charge in [0.05, 0.1) is 55.8 Å². The topological polar surface area (TPSA) is 113 Å². The number of halogens is 6. The van der Waals surface area contributed by atoms with Gasteiger partial charge in [0.2, 0.25) is 5.91 Å². The minimum absolute atomic E-state index is 0.00610. The number of aromatic nitrogens is 3. The van der Waals surface area contributed by atoms with E-state index in [1.807, 2.05) is 4.90 Å². The number of hydrogen-bond donors (Lipinski definition) is 2. The van der Waals surface area contributed by atoms with E-state index in [4.69, 9.17) is 9.47 Å². The van der Waals surface area contributed by atoms with Crippen LogP contribution in [0, 0.1) is 0 Å². The number of nitrogens with one attached hydrogen (secondary N) is 2. The smallest absolute Gasteiger partial charge is 0.379 e. The number of pyridine rings is 1. The first-order valence-electron chi connectivity index (χ1n) is 12.5. The monoisotopic (exact) mass is 578 g/mol. The first-order valence-corrected chi connectivity index (χ1v) is 12.5. The number of aromatic amines is 1. The summed E-state index contributed by atoms with van der Waals surface area (Å²) in [5, 5.41) is 7.71. The third kappa shape index (κ3) is 6.66. The standard InChI is InChI=1S/C24H28F6N6O4/c1-13(33-17-9-32-34-22(38)20(17)24(28,29)30)11-39-6-3-19(37)35-4-5-36-18(10-35)14(2)40-12-15-7-16(23(25,26)27)8-31-21(15)36/h7-9,13-14,18H,3-6,10-12H2,1-2H3,(H2,33,34,38)/t13-,14?,18?/m0/s1. The van der Waals surface area contributed by atoms with Crippen LogP contribution in [0.3, 0.4) is 0 Å². The summed E-state index contributed by atoms with van der Waals surface area (Å²) >= 11 is 0. The summed E-state index contributed by atoms with van der Waals surface area (Å²) in [6.45, 7) is 4.22. The van der Waals surface area contributed by atoms with Crippen LogP contribution in [0.15, 0.2) is 23.3 Å². The number of hydrogen-bond acceptors (Lipinski definition) is 8. The highest BCUT2D eigenvalue weighted by Gasteiger charge is 2.39. The van der Waals surface area contributed by atoms with Gasteiger partial charge in [-0.1, -0.05) is 0 Å². The number of nitrogens with zero attached hydrogens (tertiary/aromatic N) is 4. The van der Waals surface area contributed by atoms with E-state index in [0.717, 1.165) is 18.5 Å². The van der Waals surface area contributed by atoms with Gasteiger partial charge in [-0.3, -0.25) is 9.59 Å². The van der Waals surface area contributed by atoms with E-state index in [1.165, 1.54) is 0 Å². The van der Waals surface area contributed by atoms with E-state index in [-0.39, 0.29) is 50.8 Å². The number of H-pyrrole nitrogens is 1. The number of ether oxygens (including phenoxy) is 2. The lowest BCUT2D eigenvalue weighted by molar-refractivity contribution is -0.138. The Hall–Kier alpha value is -3.40. The number of alkyl halides is 6. The summed E-state index contributed by atoms with van der Waals surface area (Å²) in [6, 6.07) is 0.0925. The van der Waals surface area contributed by atoms with Crippen molar-refractivity contribution >= 4 is 17.4 Å². The maximum Gasteiger partial charge on any atom is 0.423 e. The predicted octanol–water partition coefficient (Wildman–Crippen LogP) is 3.05. The van der Waals surface area contributed by atoms with E-state index in [9.17, 15) is 35.9 Å². The van der Waals surface area contributed by atoms with Crippen LogP contribution in [0.4, 0.5) is 37.8 Å². The van der Waals surface area contributed by atoms with Crippen molar-refractivity contribution in [3.63, 3.8) is 0 Å². The number of carbonyl (C=O) groups is 1. The average molecular weight is 579 g/mol. The van der Waals surface area contributed by atoms with Crippen molar-refractivity contribution in [2.75, 3.05) is 43.1 Å². The lowest BCUT2D eigenvalue weighted by Crippen LogP contribution is -2.58. The predicted molar refractivity (Wildman–Crippen MR) is 130 cm³/mol. The Bertz CT molecular complexity index is 1270. The fourth-order valence-electron chi connectivity index (χ4n) is 4.73. The number of rotatable bonds is 7. The molecule has 2 aliphatic rings. The highest BCUT2D eigenvalue weighted by Crippen LogP contribution is 2.35. The molecule has 4 rings (SSSR count). The van der Waals surface area contributed by atoms with Crippen LogP contribution in [-0.2, 0) is 33.2 Å². The Balaban J connectivity index is 1.29. The van der Waals surface area contributed by atoms with Gasteiger partial charge in [0, 0.05) is 37.4 Å². The molecule has 1 amide bonds. The van der Waals surface area contributed by atoms with Gasteiger partial charge >= 0.3 is 12.4 Å². The highest BCUT2D eigenvalue weighted by atomic mass is 19.4. The summed E-state index contributed by atoms with van der Waals surface area (Å²) in [5.41, 5.74) is -3.76. The SMILES string of the molecule is CC1OCc2cc(C(F)(F)F)cnc2N2CCN(C(=O)CCOC[C@H](C)Nc3cn[nH]c(=O)c3C(F)(F)F)CC12. The second-order valence-electron chi connectivity index (χ2n) is 9.68. The Kier molecular flexibility index (Phi) is 8.58. The average Bonchev–Trinajstić information content (AvgIpc) is 3.01. The Morgan fingerprint density at radius 1 is 1.23 bits per heavy atom. The fraction of sp³-hybridized carbons (Fsp3) is 0.583. The minimum Gasteiger partial charge on any atom is -0.379 e.